The van der Waals surface area contributed by atoms with Crippen LogP contribution in [0, 0.1) is 0 Å². The van der Waals surface area contributed by atoms with E-state index < -0.39 is 0 Å². The van der Waals surface area contributed by atoms with E-state index in [-0.39, 0.29) is 30.8 Å². The van der Waals surface area contributed by atoms with Crippen LogP contribution in [0.2, 0.25) is 0 Å². The number of hydrogen-bond donors (Lipinski definition) is 1. The fourth-order valence-electron chi connectivity index (χ4n) is 3.89. The second-order valence-corrected chi connectivity index (χ2v) is 9.21. The number of carbonyl (C=O) groups excluding carboxylic acids is 2. The number of benzene rings is 3. The van der Waals surface area contributed by atoms with E-state index in [0.29, 0.717) is 22.2 Å². The molecule has 190 valence electrons. The Morgan fingerprint density at radius 1 is 0.946 bits per heavy atom. The van der Waals surface area contributed by atoms with E-state index in [1.165, 1.54) is 18.4 Å². The molecular formula is C28H28N4O4S. The van der Waals surface area contributed by atoms with E-state index in [1.54, 1.807) is 30.2 Å². The summed E-state index contributed by atoms with van der Waals surface area (Å²) in [4.78, 5) is 28.2. The molecule has 0 saturated carbocycles. The number of anilines is 1. The maximum Gasteiger partial charge on any atom is 0.258 e. The second-order valence-electron chi connectivity index (χ2n) is 8.23. The van der Waals surface area contributed by atoms with Crippen molar-refractivity contribution in [2.75, 3.05) is 26.1 Å². The number of hydrogen-bond acceptors (Lipinski definition) is 7. The van der Waals surface area contributed by atoms with E-state index in [2.05, 4.69) is 15.5 Å². The molecule has 3 aromatic carbocycles. The highest BCUT2D eigenvalue weighted by Gasteiger charge is 2.26. The number of nitrogens with zero attached hydrogens (tertiary/aromatic N) is 3. The number of rotatable bonds is 10. The zero-order valence-electron chi connectivity index (χ0n) is 20.9. The van der Waals surface area contributed by atoms with Gasteiger partial charge in [-0.05, 0) is 24.6 Å². The summed E-state index contributed by atoms with van der Waals surface area (Å²) in [5.41, 5.74) is 2.28. The van der Waals surface area contributed by atoms with E-state index in [0.717, 1.165) is 16.1 Å². The van der Waals surface area contributed by atoms with E-state index in [9.17, 15) is 9.59 Å². The summed E-state index contributed by atoms with van der Waals surface area (Å²) in [5.74, 6) is 0.491. The molecule has 9 heteroatoms. The van der Waals surface area contributed by atoms with Crippen molar-refractivity contribution in [2.45, 2.75) is 19.4 Å². The molecule has 0 spiro atoms. The van der Waals surface area contributed by atoms with Crippen LogP contribution >= 0.6 is 11.3 Å². The minimum absolute atomic E-state index is 0.0850. The summed E-state index contributed by atoms with van der Waals surface area (Å²) < 4.78 is 10.7. The van der Waals surface area contributed by atoms with Crippen LogP contribution < -0.4 is 14.8 Å². The van der Waals surface area contributed by atoms with Gasteiger partial charge in [-0.15, -0.1) is 10.2 Å². The molecule has 0 bridgehead atoms. The first kappa shape index (κ1) is 25.8. The van der Waals surface area contributed by atoms with Crippen LogP contribution in [-0.4, -0.2) is 47.7 Å². The van der Waals surface area contributed by atoms with Gasteiger partial charge in [0.15, 0.2) is 0 Å². The van der Waals surface area contributed by atoms with Crippen molar-refractivity contribution < 1.29 is 19.1 Å². The monoisotopic (exact) mass is 516 g/mol. The molecule has 37 heavy (non-hydrogen) atoms. The van der Waals surface area contributed by atoms with Gasteiger partial charge in [0.2, 0.25) is 11.0 Å². The third-order valence-corrected chi connectivity index (χ3v) is 6.81. The number of amides is 2. The lowest BCUT2D eigenvalue weighted by atomic mass is 10.0. The summed E-state index contributed by atoms with van der Waals surface area (Å²) in [5, 5.41) is 12.2. The smallest absolute Gasteiger partial charge is 0.258 e. The van der Waals surface area contributed by atoms with Gasteiger partial charge < -0.3 is 19.7 Å². The lowest BCUT2D eigenvalue weighted by Crippen LogP contribution is -2.36. The number of carbonyl (C=O) groups is 2. The predicted octanol–water partition coefficient (Wildman–Crippen LogP) is 5.45. The van der Waals surface area contributed by atoms with Crippen LogP contribution in [0.4, 0.5) is 5.13 Å². The zero-order chi connectivity index (χ0) is 26.2. The van der Waals surface area contributed by atoms with Gasteiger partial charge in [-0.1, -0.05) is 72.0 Å². The van der Waals surface area contributed by atoms with Gasteiger partial charge >= 0.3 is 0 Å². The van der Waals surface area contributed by atoms with Gasteiger partial charge in [0.05, 0.1) is 25.8 Å². The Morgan fingerprint density at radius 2 is 1.65 bits per heavy atom. The first-order valence-corrected chi connectivity index (χ1v) is 12.6. The Bertz CT molecular complexity index is 1340. The Morgan fingerprint density at radius 3 is 2.32 bits per heavy atom. The maximum absolute atomic E-state index is 13.7. The molecule has 0 radical (unpaired) electrons. The standard InChI is InChI=1S/C28H28N4O4S/c1-19(20-10-6-4-7-11-20)32(27(34)23-15-14-22(35-2)18-24(23)36-3)17-16-25(33)29-28-31-30-26(37-28)21-12-8-5-9-13-21/h4-15,18-19H,16-17H2,1-3H3,(H,29,31,33). The van der Waals surface area contributed by atoms with Gasteiger partial charge in [0.1, 0.15) is 16.5 Å². The van der Waals surface area contributed by atoms with Crippen molar-refractivity contribution in [3.8, 4) is 22.1 Å². The average Bonchev–Trinajstić information content (AvgIpc) is 3.41. The maximum atomic E-state index is 13.7. The molecule has 1 atom stereocenters. The fraction of sp³-hybridized carbons (Fsp3) is 0.214. The van der Waals surface area contributed by atoms with Gasteiger partial charge in [-0.2, -0.15) is 0 Å². The van der Waals surface area contributed by atoms with Crippen molar-refractivity contribution in [3.63, 3.8) is 0 Å². The van der Waals surface area contributed by atoms with Crippen molar-refractivity contribution in [1.29, 1.82) is 0 Å². The van der Waals surface area contributed by atoms with Gasteiger partial charge in [-0.3, -0.25) is 9.59 Å². The molecule has 1 heterocycles. The molecule has 2 amide bonds. The molecule has 0 saturated heterocycles. The van der Waals surface area contributed by atoms with Gasteiger partial charge in [0.25, 0.3) is 5.91 Å². The summed E-state index contributed by atoms with van der Waals surface area (Å²) >= 11 is 1.30. The highest BCUT2D eigenvalue weighted by molar-refractivity contribution is 7.18. The SMILES string of the molecule is COc1ccc(C(=O)N(CCC(=O)Nc2nnc(-c3ccccc3)s2)C(C)c2ccccc2)c(OC)c1. The summed E-state index contributed by atoms with van der Waals surface area (Å²) in [7, 11) is 3.06. The third kappa shape index (κ3) is 6.31. The first-order chi connectivity index (χ1) is 18.0. The fourth-order valence-corrected chi connectivity index (χ4v) is 4.65. The molecule has 0 fully saturated rings. The highest BCUT2D eigenvalue weighted by atomic mass is 32.1. The van der Waals surface area contributed by atoms with Crippen LogP contribution in [0.5, 0.6) is 11.5 Å². The summed E-state index contributed by atoms with van der Waals surface area (Å²) in [6, 6.07) is 24.1. The Kier molecular flexibility index (Phi) is 8.48. The molecule has 8 nitrogen and oxygen atoms in total. The number of nitrogens with one attached hydrogen (secondary N) is 1. The second kappa shape index (κ2) is 12.1. The minimum Gasteiger partial charge on any atom is -0.497 e. The lowest BCUT2D eigenvalue weighted by molar-refractivity contribution is -0.116. The van der Waals surface area contributed by atoms with Crippen molar-refractivity contribution >= 4 is 28.3 Å². The van der Waals surface area contributed by atoms with Crippen molar-refractivity contribution in [2.24, 2.45) is 0 Å². The Labute approximate surface area is 219 Å². The van der Waals surface area contributed by atoms with Crippen LogP contribution in [0.3, 0.4) is 0 Å². The third-order valence-electron chi connectivity index (χ3n) is 5.92. The van der Waals surface area contributed by atoms with Crippen LogP contribution in [0.25, 0.3) is 10.6 Å². The molecule has 4 rings (SSSR count). The van der Waals surface area contributed by atoms with Gasteiger partial charge in [-0.25, -0.2) is 0 Å². The molecule has 0 aliphatic heterocycles. The van der Waals surface area contributed by atoms with Crippen molar-refractivity contribution in [3.05, 3.63) is 90.0 Å². The molecule has 1 N–H and O–H groups in total. The molecule has 0 aliphatic carbocycles. The average molecular weight is 517 g/mol. The number of ether oxygens (including phenoxy) is 2. The van der Waals surface area contributed by atoms with Crippen LogP contribution in [0.15, 0.2) is 78.9 Å². The van der Waals surface area contributed by atoms with Crippen LogP contribution in [-0.2, 0) is 4.79 Å². The number of aromatic nitrogens is 2. The molecule has 0 aliphatic rings. The largest absolute Gasteiger partial charge is 0.497 e. The lowest BCUT2D eigenvalue weighted by Gasteiger charge is -2.30. The summed E-state index contributed by atoms with van der Waals surface area (Å²) in [6.07, 6.45) is 0.0850. The first-order valence-electron chi connectivity index (χ1n) is 11.8. The van der Waals surface area contributed by atoms with E-state index in [1.807, 2.05) is 67.6 Å². The molecule has 4 aromatic rings. The molecular weight excluding hydrogens is 488 g/mol. The Balaban J connectivity index is 1.51. The molecule has 1 aromatic heterocycles. The van der Waals surface area contributed by atoms with E-state index >= 15 is 0 Å². The molecule has 1 unspecified atom stereocenters. The van der Waals surface area contributed by atoms with Gasteiger partial charge in [0, 0.05) is 24.6 Å². The predicted molar refractivity (Wildman–Crippen MR) is 144 cm³/mol. The normalized spacial score (nSPS) is 11.4. The van der Waals surface area contributed by atoms with E-state index in [4.69, 9.17) is 9.47 Å². The quantitative estimate of drug-likeness (QED) is 0.301. The van der Waals surface area contributed by atoms with Crippen molar-refractivity contribution in [1.82, 2.24) is 15.1 Å². The topological polar surface area (TPSA) is 93.7 Å². The van der Waals surface area contributed by atoms with Crippen LogP contribution in [0.1, 0.15) is 35.3 Å². The zero-order valence-corrected chi connectivity index (χ0v) is 21.7. The summed E-state index contributed by atoms with van der Waals surface area (Å²) in [6.45, 7) is 2.14. The highest BCUT2D eigenvalue weighted by Crippen LogP contribution is 2.30. The minimum atomic E-state index is -0.278. The Hall–Kier alpha value is -4.24. The number of methoxy groups -OCH3 is 2.